The molecule has 1 unspecified atom stereocenters. The molecule has 1 atom stereocenters. The molecule has 26 heavy (non-hydrogen) atoms. The lowest BCUT2D eigenvalue weighted by atomic mass is 10.0. The monoisotopic (exact) mass is 351 g/mol. The van der Waals surface area contributed by atoms with Crippen LogP contribution in [0.4, 0.5) is 0 Å². The van der Waals surface area contributed by atoms with Crippen molar-refractivity contribution in [1.29, 1.82) is 0 Å². The topological polar surface area (TPSA) is 66.6 Å². The third kappa shape index (κ3) is 4.11. The van der Waals surface area contributed by atoms with Crippen molar-refractivity contribution < 1.29 is 9.59 Å². The molecule has 1 saturated heterocycles. The van der Waals surface area contributed by atoms with Crippen LogP contribution in [0, 0.1) is 6.92 Å². The van der Waals surface area contributed by atoms with Crippen molar-refractivity contribution in [2.45, 2.75) is 19.4 Å². The van der Waals surface area contributed by atoms with E-state index in [9.17, 15) is 9.59 Å². The number of hydrogen-bond donors (Lipinski definition) is 1. The first-order valence-corrected chi connectivity index (χ1v) is 8.98. The lowest BCUT2D eigenvalue weighted by Crippen LogP contribution is -2.52. The molecule has 3 rings (SSSR count). The van der Waals surface area contributed by atoms with Crippen LogP contribution in [0.2, 0.25) is 0 Å². The van der Waals surface area contributed by atoms with Gasteiger partial charge in [0.05, 0.1) is 6.42 Å². The third-order valence-corrected chi connectivity index (χ3v) is 4.97. The van der Waals surface area contributed by atoms with Gasteiger partial charge in [0.15, 0.2) is 0 Å². The zero-order valence-corrected chi connectivity index (χ0v) is 15.1. The van der Waals surface area contributed by atoms with Crippen molar-refractivity contribution in [3.05, 3.63) is 71.3 Å². The van der Waals surface area contributed by atoms with Crippen LogP contribution >= 0.6 is 0 Å². The van der Waals surface area contributed by atoms with Gasteiger partial charge >= 0.3 is 0 Å². The number of aryl methyl sites for hydroxylation is 1. The third-order valence-electron chi connectivity index (χ3n) is 4.97. The molecule has 136 valence electrons. The minimum absolute atomic E-state index is 0.0813. The highest BCUT2D eigenvalue weighted by Crippen LogP contribution is 2.15. The van der Waals surface area contributed by atoms with Crippen molar-refractivity contribution in [2.24, 2.45) is 5.73 Å². The molecule has 1 heterocycles. The highest BCUT2D eigenvalue weighted by molar-refractivity contribution is 5.84. The van der Waals surface area contributed by atoms with E-state index in [2.05, 4.69) is 0 Å². The highest BCUT2D eigenvalue weighted by Gasteiger charge is 2.27. The maximum atomic E-state index is 12.6. The number of benzene rings is 2. The van der Waals surface area contributed by atoms with Gasteiger partial charge in [-0.25, -0.2) is 0 Å². The molecule has 0 spiro atoms. The first kappa shape index (κ1) is 18.1. The number of nitrogens with zero attached hydrogens (tertiary/aromatic N) is 2. The SMILES string of the molecule is Cc1ccccc1CC(=O)N1CCN(C(=O)C(N)c2ccccc2)CC1. The Bertz CT molecular complexity index is 768. The Balaban J connectivity index is 1.54. The van der Waals surface area contributed by atoms with Crippen LogP contribution in [0.3, 0.4) is 0 Å². The largest absolute Gasteiger partial charge is 0.339 e. The van der Waals surface area contributed by atoms with Crippen LogP contribution < -0.4 is 5.73 Å². The Morgan fingerprint density at radius 2 is 1.50 bits per heavy atom. The first-order chi connectivity index (χ1) is 12.6. The van der Waals surface area contributed by atoms with Crippen LogP contribution in [0.1, 0.15) is 22.7 Å². The predicted octanol–water partition coefficient (Wildman–Crippen LogP) is 1.91. The standard InChI is InChI=1S/C21H25N3O2/c1-16-7-5-6-10-18(16)15-19(25)23-11-13-24(14-12-23)21(26)20(22)17-8-3-2-4-9-17/h2-10,20H,11-15,22H2,1H3. The molecular weight excluding hydrogens is 326 g/mol. The summed E-state index contributed by atoms with van der Waals surface area (Å²) in [6, 6.07) is 16.7. The first-order valence-electron chi connectivity index (χ1n) is 8.98. The number of amides is 2. The zero-order valence-electron chi connectivity index (χ0n) is 15.1. The van der Waals surface area contributed by atoms with E-state index in [-0.39, 0.29) is 11.8 Å². The Morgan fingerprint density at radius 1 is 0.923 bits per heavy atom. The summed E-state index contributed by atoms with van der Waals surface area (Å²) in [4.78, 5) is 28.8. The number of carbonyl (C=O) groups excluding carboxylic acids is 2. The van der Waals surface area contributed by atoms with Gasteiger partial charge in [0.25, 0.3) is 0 Å². The Labute approximate surface area is 154 Å². The van der Waals surface area contributed by atoms with Crippen LogP contribution in [-0.4, -0.2) is 47.8 Å². The maximum Gasteiger partial charge on any atom is 0.244 e. The van der Waals surface area contributed by atoms with Gasteiger partial charge in [-0.15, -0.1) is 0 Å². The molecule has 2 amide bonds. The van der Waals surface area contributed by atoms with Gasteiger partial charge in [-0.2, -0.15) is 0 Å². The van der Waals surface area contributed by atoms with Gasteiger partial charge in [-0.1, -0.05) is 54.6 Å². The van der Waals surface area contributed by atoms with E-state index in [4.69, 9.17) is 5.73 Å². The molecule has 0 aliphatic carbocycles. The number of hydrogen-bond acceptors (Lipinski definition) is 3. The molecule has 5 nitrogen and oxygen atoms in total. The second-order valence-corrected chi connectivity index (χ2v) is 6.70. The second kappa shape index (κ2) is 8.15. The fourth-order valence-electron chi connectivity index (χ4n) is 3.26. The van der Waals surface area contributed by atoms with E-state index < -0.39 is 6.04 Å². The predicted molar refractivity (Wildman–Crippen MR) is 101 cm³/mol. The molecule has 1 fully saturated rings. The van der Waals surface area contributed by atoms with Gasteiger partial charge in [0, 0.05) is 26.2 Å². The average molecular weight is 351 g/mol. The van der Waals surface area contributed by atoms with Crippen LogP contribution in [0.5, 0.6) is 0 Å². The summed E-state index contributed by atoms with van der Waals surface area (Å²) in [6.45, 7) is 4.18. The van der Waals surface area contributed by atoms with E-state index in [1.807, 2.05) is 66.4 Å². The van der Waals surface area contributed by atoms with Gasteiger partial charge in [0.2, 0.25) is 11.8 Å². The van der Waals surface area contributed by atoms with E-state index in [0.717, 1.165) is 16.7 Å². The Kier molecular flexibility index (Phi) is 5.68. The molecule has 0 aromatic heterocycles. The van der Waals surface area contributed by atoms with Crippen molar-refractivity contribution in [3.63, 3.8) is 0 Å². The molecule has 1 aliphatic rings. The van der Waals surface area contributed by atoms with E-state index in [1.54, 1.807) is 4.90 Å². The lowest BCUT2D eigenvalue weighted by Gasteiger charge is -2.36. The van der Waals surface area contributed by atoms with Gasteiger partial charge in [0.1, 0.15) is 6.04 Å². The lowest BCUT2D eigenvalue weighted by molar-refractivity contribution is -0.140. The summed E-state index contributed by atoms with van der Waals surface area (Å²) in [6.07, 6.45) is 0.407. The molecule has 2 aromatic carbocycles. The summed E-state index contributed by atoms with van der Waals surface area (Å²) >= 11 is 0. The summed E-state index contributed by atoms with van der Waals surface area (Å²) in [5.74, 6) is 0.0287. The molecule has 0 saturated carbocycles. The minimum Gasteiger partial charge on any atom is -0.339 e. The fourth-order valence-corrected chi connectivity index (χ4v) is 3.26. The zero-order chi connectivity index (χ0) is 18.5. The molecule has 1 aliphatic heterocycles. The Hall–Kier alpha value is -2.66. The number of carbonyl (C=O) groups is 2. The molecular formula is C21H25N3O2. The quantitative estimate of drug-likeness (QED) is 0.915. The molecule has 5 heteroatoms. The van der Waals surface area contributed by atoms with Crippen LogP contribution in [0.15, 0.2) is 54.6 Å². The number of nitrogens with two attached hydrogens (primary N) is 1. The fraction of sp³-hybridized carbons (Fsp3) is 0.333. The van der Waals surface area contributed by atoms with Gasteiger partial charge in [-0.3, -0.25) is 9.59 Å². The van der Waals surface area contributed by atoms with Crippen molar-refractivity contribution in [1.82, 2.24) is 9.80 Å². The molecule has 0 radical (unpaired) electrons. The van der Waals surface area contributed by atoms with Crippen LogP contribution in [-0.2, 0) is 16.0 Å². The minimum atomic E-state index is -0.648. The van der Waals surface area contributed by atoms with Crippen molar-refractivity contribution >= 4 is 11.8 Å². The van der Waals surface area contributed by atoms with Crippen LogP contribution in [0.25, 0.3) is 0 Å². The molecule has 2 aromatic rings. The number of rotatable bonds is 4. The van der Waals surface area contributed by atoms with Crippen molar-refractivity contribution in [2.75, 3.05) is 26.2 Å². The van der Waals surface area contributed by atoms with E-state index in [0.29, 0.717) is 32.6 Å². The summed E-state index contributed by atoms with van der Waals surface area (Å²) < 4.78 is 0. The summed E-state index contributed by atoms with van der Waals surface area (Å²) in [5, 5.41) is 0. The normalized spacial score (nSPS) is 15.6. The second-order valence-electron chi connectivity index (χ2n) is 6.70. The van der Waals surface area contributed by atoms with E-state index >= 15 is 0 Å². The van der Waals surface area contributed by atoms with E-state index in [1.165, 1.54) is 0 Å². The van der Waals surface area contributed by atoms with Crippen molar-refractivity contribution in [3.8, 4) is 0 Å². The smallest absolute Gasteiger partial charge is 0.244 e. The summed E-state index contributed by atoms with van der Waals surface area (Å²) in [5.41, 5.74) is 9.11. The molecule has 0 bridgehead atoms. The molecule has 2 N–H and O–H groups in total. The van der Waals surface area contributed by atoms with Gasteiger partial charge < -0.3 is 15.5 Å². The number of piperazine rings is 1. The van der Waals surface area contributed by atoms with Gasteiger partial charge in [-0.05, 0) is 23.6 Å². The Morgan fingerprint density at radius 3 is 2.15 bits per heavy atom. The average Bonchev–Trinajstić information content (AvgIpc) is 2.69. The summed E-state index contributed by atoms with van der Waals surface area (Å²) in [7, 11) is 0. The maximum absolute atomic E-state index is 12.6. The highest BCUT2D eigenvalue weighted by atomic mass is 16.2.